The van der Waals surface area contributed by atoms with Gasteiger partial charge in [0.1, 0.15) is 0 Å². The van der Waals surface area contributed by atoms with E-state index in [4.69, 9.17) is 11.5 Å². The number of nitrogens with zero attached hydrogens (tertiary/aromatic N) is 8. The van der Waals surface area contributed by atoms with Crippen molar-refractivity contribution in [3.05, 3.63) is 49.1 Å². The molecule has 2 aromatic rings. The molecule has 10 nitrogen and oxygen atoms in total. The topological polar surface area (TPSA) is 157 Å². The highest BCUT2D eigenvalue weighted by Crippen LogP contribution is 2.11. The second-order valence-electron chi connectivity index (χ2n) is 6.63. The van der Waals surface area contributed by atoms with E-state index in [0.29, 0.717) is 24.5 Å². The fourth-order valence-electron chi connectivity index (χ4n) is 2.73. The van der Waals surface area contributed by atoms with Gasteiger partial charge in [-0.05, 0) is 37.1 Å². The fraction of sp³-hybridized carbons (Fsp3) is 0.333. The second kappa shape index (κ2) is 13.1. The molecule has 2 aromatic heterocycles. The lowest BCUT2D eigenvalue weighted by atomic mass is 10.1. The highest BCUT2D eigenvalue weighted by Gasteiger charge is 2.08. The van der Waals surface area contributed by atoms with Gasteiger partial charge in [0.15, 0.2) is 12.4 Å². The highest BCUT2D eigenvalue weighted by molar-refractivity contribution is 5.82. The van der Waals surface area contributed by atoms with Gasteiger partial charge in [-0.3, -0.25) is 9.97 Å². The number of hydrogen-bond acceptors (Lipinski definition) is 6. The van der Waals surface area contributed by atoms with Crippen LogP contribution in [0.25, 0.3) is 0 Å². The lowest BCUT2D eigenvalue weighted by Gasteiger charge is -2.15. The maximum Gasteiger partial charge on any atom is 0.210 e. The van der Waals surface area contributed by atoms with Gasteiger partial charge < -0.3 is 11.5 Å². The first-order valence-corrected chi connectivity index (χ1v) is 9.97. The minimum absolute atomic E-state index is 0.156. The molecular weight excluding hydrogens is 392 g/mol. The number of hydrogen-bond donors (Lipinski definition) is 2. The molecule has 4 N–H and O–H groups in total. The van der Waals surface area contributed by atoms with Crippen molar-refractivity contribution < 1.29 is 0 Å². The predicted octanol–water partition coefficient (Wildman–Crippen LogP) is 2.59. The molecule has 160 valence electrons. The van der Waals surface area contributed by atoms with Crippen LogP contribution in [0.15, 0.2) is 59.0 Å². The highest BCUT2D eigenvalue weighted by atomic mass is 15.2. The van der Waals surface area contributed by atoms with E-state index in [0.717, 1.165) is 32.1 Å². The minimum atomic E-state index is 0.156. The average molecular weight is 419 g/mol. The van der Waals surface area contributed by atoms with Crippen LogP contribution in [0.5, 0.6) is 0 Å². The molecule has 31 heavy (non-hydrogen) atoms. The average Bonchev–Trinajstić information content (AvgIpc) is 2.79. The van der Waals surface area contributed by atoms with Crippen molar-refractivity contribution in [3.63, 3.8) is 0 Å². The Morgan fingerprint density at radius 1 is 0.774 bits per heavy atom. The molecule has 0 amide bonds. The molecule has 2 rings (SSSR count). The first-order chi connectivity index (χ1) is 15.1. The van der Waals surface area contributed by atoms with Gasteiger partial charge in [0.2, 0.25) is 11.9 Å². The monoisotopic (exact) mass is 418 g/mol. The summed E-state index contributed by atoms with van der Waals surface area (Å²) in [5.41, 5.74) is 13.0. The van der Waals surface area contributed by atoms with E-state index in [1.165, 1.54) is 9.80 Å². The van der Waals surface area contributed by atoms with Gasteiger partial charge in [0.25, 0.3) is 0 Å². The SMILES string of the molecule is N#CN(CCCCCCCN(C#N)C(N)=Nc1cccnc1)C(N)=Nc1cccnc1. The van der Waals surface area contributed by atoms with Gasteiger partial charge in [0, 0.05) is 25.5 Å². The molecule has 0 aliphatic heterocycles. The van der Waals surface area contributed by atoms with Crippen LogP contribution < -0.4 is 11.5 Å². The summed E-state index contributed by atoms with van der Waals surface area (Å²) in [7, 11) is 0. The molecule has 0 saturated carbocycles. The molecule has 0 aromatic carbocycles. The van der Waals surface area contributed by atoms with Crippen LogP contribution in [0.2, 0.25) is 0 Å². The molecule has 0 atom stereocenters. The number of aromatic nitrogens is 2. The van der Waals surface area contributed by atoms with Crippen LogP contribution in [0, 0.1) is 22.9 Å². The van der Waals surface area contributed by atoms with Crippen molar-refractivity contribution in [1.82, 2.24) is 19.8 Å². The Labute approximate surface area is 182 Å². The zero-order chi connectivity index (χ0) is 22.3. The molecular formula is C21H26N10. The van der Waals surface area contributed by atoms with E-state index < -0.39 is 0 Å². The normalized spacial score (nSPS) is 11.4. The zero-order valence-corrected chi connectivity index (χ0v) is 17.3. The van der Waals surface area contributed by atoms with E-state index in [9.17, 15) is 10.5 Å². The minimum Gasteiger partial charge on any atom is -0.369 e. The standard InChI is InChI=1S/C21H26N10/c22-16-30(20(24)28-18-8-6-10-26-14-18)12-4-2-1-3-5-13-31(17-23)21(25)29-19-9-7-11-27-15-19/h6-11,14-15H,1-5,12-13H2,(H2,24,28)(H2,25,29). The summed E-state index contributed by atoms with van der Waals surface area (Å²) in [6.45, 7) is 1.00. The van der Waals surface area contributed by atoms with Crippen molar-refractivity contribution in [2.45, 2.75) is 32.1 Å². The number of unbranched alkanes of at least 4 members (excludes halogenated alkanes) is 4. The van der Waals surface area contributed by atoms with Crippen molar-refractivity contribution >= 4 is 23.3 Å². The van der Waals surface area contributed by atoms with Crippen molar-refractivity contribution in [1.29, 1.82) is 10.5 Å². The summed E-state index contributed by atoms with van der Waals surface area (Å²) < 4.78 is 0. The largest absolute Gasteiger partial charge is 0.369 e. The molecule has 2 heterocycles. The molecule has 0 radical (unpaired) electrons. The van der Waals surface area contributed by atoms with Gasteiger partial charge in [-0.1, -0.05) is 19.3 Å². The van der Waals surface area contributed by atoms with Crippen molar-refractivity contribution in [2.75, 3.05) is 13.1 Å². The summed E-state index contributed by atoms with van der Waals surface area (Å²) >= 11 is 0. The van der Waals surface area contributed by atoms with E-state index >= 15 is 0 Å². The fourth-order valence-corrected chi connectivity index (χ4v) is 2.73. The Kier molecular flexibility index (Phi) is 9.78. The molecule has 0 fully saturated rings. The lowest BCUT2D eigenvalue weighted by Crippen LogP contribution is -2.34. The van der Waals surface area contributed by atoms with Gasteiger partial charge in [-0.25, -0.2) is 19.8 Å². The Balaban J connectivity index is 1.67. The number of guanidine groups is 2. The molecule has 0 bridgehead atoms. The van der Waals surface area contributed by atoms with Crippen LogP contribution in [0.1, 0.15) is 32.1 Å². The Bertz CT molecular complexity index is 851. The van der Waals surface area contributed by atoms with Crippen molar-refractivity contribution in [2.24, 2.45) is 21.5 Å². The lowest BCUT2D eigenvalue weighted by molar-refractivity contribution is 0.485. The maximum absolute atomic E-state index is 9.30. The molecule has 0 aliphatic carbocycles. The zero-order valence-electron chi connectivity index (χ0n) is 17.3. The molecule has 0 saturated heterocycles. The van der Waals surface area contributed by atoms with E-state index in [1.807, 2.05) is 0 Å². The van der Waals surface area contributed by atoms with Gasteiger partial charge in [0.05, 0.1) is 23.8 Å². The Hall–Kier alpha value is -4.18. The van der Waals surface area contributed by atoms with Gasteiger partial charge in [-0.15, -0.1) is 0 Å². The van der Waals surface area contributed by atoms with Crippen molar-refractivity contribution in [3.8, 4) is 12.4 Å². The number of pyridine rings is 2. The Morgan fingerprint density at radius 3 is 1.55 bits per heavy atom. The predicted molar refractivity (Wildman–Crippen MR) is 119 cm³/mol. The number of nitriles is 2. The first-order valence-electron chi connectivity index (χ1n) is 9.97. The van der Waals surface area contributed by atoms with Crippen LogP contribution >= 0.6 is 0 Å². The molecule has 10 heteroatoms. The summed E-state index contributed by atoms with van der Waals surface area (Å²) in [6.07, 6.45) is 15.0. The quantitative estimate of drug-likeness (QED) is 0.196. The van der Waals surface area contributed by atoms with E-state index in [-0.39, 0.29) is 11.9 Å². The van der Waals surface area contributed by atoms with E-state index in [1.54, 1.807) is 49.1 Å². The molecule has 0 aliphatic rings. The molecule has 0 spiro atoms. The number of nitrogens with two attached hydrogens (primary N) is 2. The van der Waals surface area contributed by atoms with E-state index in [2.05, 4.69) is 32.3 Å². The second-order valence-corrected chi connectivity index (χ2v) is 6.63. The third kappa shape index (κ3) is 8.38. The van der Waals surface area contributed by atoms with Crippen LogP contribution in [-0.2, 0) is 0 Å². The summed E-state index contributed by atoms with van der Waals surface area (Å²) in [5.74, 6) is 0.312. The third-order valence-electron chi connectivity index (χ3n) is 4.34. The molecule has 0 unspecified atom stereocenters. The number of aliphatic imine (C=N–C) groups is 2. The third-order valence-corrected chi connectivity index (χ3v) is 4.34. The van der Waals surface area contributed by atoms with Gasteiger partial charge >= 0.3 is 0 Å². The van der Waals surface area contributed by atoms with Crippen LogP contribution in [0.3, 0.4) is 0 Å². The maximum atomic E-state index is 9.30. The smallest absolute Gasteiger partial charge is 0.210 e. The summed E-state index contributed by atoms with van der Waals surface area (Å²) in [5, 5.41) is 18.6. The summed E-state index contributed by atoms with van der Waals surface area (Å²) in [4.78, 5) is 19.1. The van der Waals surface area contributed by atoms with Crippen LogP contribution in [0.4, 0.5) is 11.4 Å². The number of rotatable bonds is 10. The first kappa shape index (κ1) is 23.1. The Morgan fingerprint density at radius 2 is 1.19 bits per heavy atom. The van der Waals surface area contributed by atoms with Crippen LogP contribution in [-0.4, -0.2) is 44.8 Å². The summed E-state index contributed by atoms with van der Waals surface area (Å²) in [6, 6.07) is 7.06. The van der Waals surface area contributed by atoms with Gasteiger partial charge in [-0.2, -0.15) is 10.5 Å².